The summed E-state index contributed by atoms with van der Waals surface area (Å²) in [4.78, 5) is 38.6. The van der Waals surface area contributed by atoms with Gasteiger partial charge in [-0.1, -0.05) is 13.0 Å². The number of aryl methyl sites for hydroxylation is 2. The number of Topliss-reactive ketones (excluding diaryl/α,β-unsaturated/α-hetero) is 1. The molecule has 1 rings (SSSR count). The number of rotatable bonds is 7. The number of hydrogen-bond donors (Lipinski definition) is 1. The highest BCUT2D eigenvalue weighted by atomic mass is 16.5. The van der Waals surface area contributed by atoms with Crippen LogP contribution in [0.5, 0.6) is 0 Å². The predicted molar refractivity (Wildman–Crippen MR) is 80.9 cm³/mol. The molecule has 0 atom stereocenters. The van der Waals surface area contributed by atoms with E-state index in [9.17, 15) is 14.4 Å². The maximum Gasteiger partial charge on any atom is 0.340 e. The number of ketones is 1. The Hall–Kier alpha value is -2.37. The summed E-state index contributed by atoms with van der Waals surface area (Å²) in [6, 6.07) is 0. The van der Waals surface area contributed by atoms with E-state index in [0.29, 0.717) is 17.8 Å². The summed E-state index contributed by atoms with van der Waals surface area (Å²) in [6.45, 7) is 6.74. The molecule has 0 aromatic carbocycles. The van der Waals surface area contributed by atoms with E-state index in [2.05, 4.69) is 4.98 Å². The molecule has 22 heavy (non-hydrogen) atoms. The van der Waals surface area contributed by atoms with Crippen LogP contribution in [0.1, 0.15) is 52.4 Å². The molecule has 1 N–H and O–H groups in total. The van der Waals surface area contributed by atoms with Gasteiger partial charge in [-0.25, -0.2) is 9.59 Å². The standard InChI is InChI=1S/C16H21NO5/c1-5-7-8-13(19)22-9-12(18)14-10(3)17-11(4)15(14)16(20)21-6-2/h7-8,17H,5-6,9H2,1-4H3/b8-7+. The lowest BCUT2D eigenvalue weighted by atomic mass is 10.1. The first-order chi connectivity index (χ1) is 10.4. The zero-order chi connectivity index (χ0) is 16.7. The van der Waals surface area contributed by atoms with Crippen molar-refractivity contribution < 1.29 is 23.9 Å². The van der Waals surface area contributed by atoms with Crippen LogP contribution in [0.4, 0.5) is 0 Å². The van der Waals surface area contributed by atoms with Crippen LogP contribution in [0.2, 0.25) is 0 Å². The third-order valence-electron chi connectivity index (χ3n) is 2.97. The highest BCUT2D eigenvalue weighted by Crippen LogP contribution is 2.20. The third kappa shape index (κ3) is 4.31. The van der Waals surface area contributed by atoms with Crippen molar-refractivity contribution in [1.29, 1.82) is 0 Å². The van der Waals surface area contributed by atoms with Crippen LogP contribution >= 0.6 is 0 Å². The molecule has 6 heteroatoms. The van der Waals surface area contributed by atoms with Gasteiger partial charge in [0.2, 0.25) is 5.78 Å². The van der Waals surface area contributed by atoms with Crippen LogP contribution in [0.15, 0.2) is 12.2 Å². The highest BCUT2D eigenvalue weighted by Gasteiger charge is 2.25. The van der Waals surface area contributed by atoms with Crippen LogP contribution in [-0.4, -0.2) is 35.9 Å². The van der Waals surface area contributed by atoms with E-state index in [0.717, 1.165) is 0 Å². The number of esters is 2. The Balaban J connectivity index is 2.91. The summed E-state index contributed by atoms with van der Waals surface area (Å²) in [5.74, 6) is -1.59. The SMILES string of the molecule is CC/C=C/C(=O)OCC(=O)c1c(C)[nH]c(C)c1C(=O)OCC. The van der Waals surface area contributed by atoms with Crippen molar-refractivity contribution in [2.45, 2.75) is 34.1 Å². The molecule has 0 radical (unpaired) electrons. The van der Waals surface area contributed by atoms with E-state index in [1.165, 1.54) is 6.08 Å². The summed E-state index contributed by atoms with van der Waals surface area (Å²) in [6.07, 6.45) is 3.61. The van der Waals surface area contributed by atoms with Crippen LogP contribution in [0, 0.1) is 13.8 Å². The molecule has 0 amide bonds. The van der Waals surface area contributed by atoms with Crippen molar-refractivity contribution in [1.82, 2.24) is 4.98 Å². The van der Waals surface area contributed by atoms with Crippen LogP contribution in [0.25, 0.3) is 0 Å². The number of hydrogen-bond acceptors (Lipinski definition) is 5. The molecule has 6 nitrogen and oxygen atoms in total. The van der Waals surface area contributed by atoms with Crippen molar-refractivity contribution in [2.75, 3.05) is 13.2 Å². The summed E-state index contributed by atoms with van der Waals surface area (Å²) in [5, 5.41) is 0. The number of carbonyl (C=O) groups excluding carboxylic acids is 3. The minimum Gasteiger partial charge on any atom is -0.462 e. The van der Waals surface area contributed by atoms with Gasteiger partial charge in [-0.05, 0) is 27.2 Å². The van der Waals surface area contributed by atoms with Crippen molar-refractivity contribution in [2.24, 2.45) is 0 Å². The smallest absolute Gasteiger partial charge is 0.340 e. The molecule has 0 fully saturated rings. The van der Waals surface area contributed by atoms with Gasteiger partial charge in [0.1, 0.15) is 0 Å². The lowest BCUT2D eigenvalue weighted by Gasteiger charge is -2.06. The topological polar surface area (TPSA) is 85.5 Å². The molecule has 1 heterocycles. The Kier molecular flexibility index (Phi) is 6.56. The second-order valence-corrected chi connectivity index (χ2v) is 4.69. The van der Waals surface area contributed by atoms with Crippen molar-refractivity contribution >= 4 is 17.7 Å². The van der Waals surface area contributed by atoms with Gasteiger partial charge in [-0.15, -0.1) is 0 Å². The molecule has 0 saturated carbocycles. The van der Waals surface area contributed by atoms with Crippen molar-refractivity contribution in [3.05, 3.63) is 34.7 Å². The minimum absolute atomic E-state index is 0.199. The zero-order valence-corrected chi connectivity index (χ0v) is 13.3. The van der Waals surface area contributed by atoms with Gasteiger partial charge in [0.15, 0.2) is 6.61 Å². The molecule has 0 bridgehead atoms. The number of H-pyrrole nitrogens is 1. The molecule has 120 valence electrons. The fraction of sp³-hybridized carbons (Fsp3) is 0.438. The van der Waals surface area contributed by atoms with E-state index in [1.54, 1.807) is 26.8 Å². The molecule has 1 aromatic rings. The fourth-order valence-corrected chi connectivity index (χ4v) is 2.06. The first-order valence-corrected chi connectivity index (χ1v) is 7.15. The predicted octanol–water partition coefficient (Wildman–Crippen LogP) is 2.50. The molecule has 0 saturated heterocycles. The van der Waals surface area contributed by atoms with Crippen molar-refractivity contribution in [3.63, 3.8) is 0 Å². The maximum atomic E-state index is 12.3. The lowest BCUT2D eigenvalue weighted by Crippen LogP contribution is -2.17. The Morgan fingerprint density at radius 3 is 2.27 bits per heavy atom. The Morgan fingerprint density at radius 2 is 1.68 bits per heavy atom. The van der Waals surface area contributed by atoms with Gasteiger partial charge in [0.05, 0.1) is 17.7 Å². The summed E-state index contributed by atoms with van der Waals surface area (Å²) in [7, 11) is 0. The molecule has 0 unspecified atom stereocenters. The third-order valence-corrected chi connectivity index (χ3v) is 2.97. The number of allylic oxidation sites excluding steroid dienone is 1. The average molecular weight is 307 g/mol. The molecule has 0 aliphatic rings. The van der Waals surface area contributed by atoms with Crippen LogP contribution in [-0.2, 0) is 14.3 Å². The molecule has 1 aromatic heterocycles. The number of ether oxygens (including phenoxy) is 2. The summed E-state index contributed by atoms with van der Waals surface area (Å²) >= 11 is 0. The quantitative estimate of drug-likeness (QED) is 0.475. The number of carbonyl (C=O) groups is 3. The average Bonchev–Trinajstić information content (AvgIpc) is 2.77. The van der Waals surface area contributed by atoms with Crippen molar-refractivity contribution in [3.8, 4) is 0 Å². The van der Waals surface area contributed by atoms with Gasteiger partial charge in [0.25, 0.3) is 0 Å². The monoisotopic (exact) mass is 307 g/mol. The lowest BCUT2D eigenvalue weighted by molar-refractivity contribution is -0.136. The normalized spacial score (nSPS) is 10.7. The molecular formula is C16H21NO5. The maximum absolute atomic E-state index is 12.3. The van der Waals surface area contributed by atoms with Crippen LogP contribution < -0.4 is 0 Å². The van der Waals surface area contributed by atoms with Gasteiger partial charge in [-0.2, -0.15) is 0 Å². The fourth-order valence-electron chi connectivity index (χ4n) is 2.06. The Morgan fingerprint density at radius 1 is 1.05 bits per heavy atom. The van der Waals surface area contributed by atoms with E-state index < -0.39 is 24.3 Å². The largest absolute Gasteiger partial charge is 0.462 e. The second kappa shape index (κ2) is 8.17. The number of nitrogens with one attached hydrogen (secondary N) is 1. The Bertz CT molecular complexity index is 598. The van der Waals surface area contributed by atoms with E-state index in [-0.39, 0.29) is 17.7 Å². The molecule has 0 spiro atoms. The van der Waals surface area contributed by atoms with Gasteiger partial charge >= 0.3 is 11.9 Å². The van der Waals surface area contributed by atoms with E-state index in [1.807, 2.05) is 6.92 Å². The molecular weight excluding hydrogens is 286 g/mol. The summed E-state index contributed by atoms with van der Waals surface area (Å²) < 4.78 is 9.84. The van der Waals surface area contributed by atoms with Gasteiger partial charge < -0.3 is 14.5 Å². The number of aromatic amines is 1. The number of aromatic nitrogens is 1. The van der Waals surface area contributed by atoms with E-state index >= 15 is 0 Å². The Labute approximate surface area is 129 Å². The molecule has 0 aliphatic carbocycles. The van der Waals surface area contributed by atoms with Gasteiger partial charge in [-0.3, -0.25) is 4.79 Å². The summed E-state index contributed by atoms with van der Waals surface area (Å²) in [5.41, 5.74) is 1.51. The van der Waals surface area contributed by atoms with E-state index in [4.69, 9.17) is 9.47 Å². The molecule has 0 aliphatic heterocycles. The zero-order valence-electron chi connectivity index (χ0n) is 13.3. The van der Waals surface area contributed by atoms with Gasteiger partial charge in [0, 0.05) is 17.5 Å². The van der Waals surface area contributed by atoms with Crippen LogP contribution in [0.3, 0.4) is 0 Å². The first kappa shape index (κ1) is 17.7. The second-order valence-electron chi connectivity index (χ2n) is 4.69. The minimum atomic E-state index is -0.585. The highest BCUT2D eigenvalue weighted by molar-refractivity contribution is 6.09. The first-order valence-electron chi connectivity index (χ1n) is 7.15.